The normalized spacial score (nSPS) is 16.2. The second-order valence-electron chi connectivity index (χ2n) is 9.60. The van der Waals surface area contributed by atoms with Crippen LogP contribution < -0.4 is 21.2 Å². The summed E-state index contributed by atoms with van der Waals surface area (Å²) < 4.78 is 25.6. The van der Waals surface area contributed by atoms with Crippen molar-refractivity contribution in [3.8, 4) is 5.75 Å². The summed E-state index contributed by atoms with van der Waals surface area (Å²) in [4.78, 5) is 25.5. The van der Waals surface area contributed by atoms with E-state index < -0.39 is 11.2 Å². The third-order valence-corrected chi connectivity index (χ3v) is 7.24. The number of nitrogen functional groups attached to an aromatic ring is 1. The molecule has 1 saturated carbocycles. The highest BCUT2D eigenvalue weighted by atomic mass is 19.1. The second kappa shape index (κ2) is 8.14. The van der Waals surface area contributed by atoms with Crippen molar-refractivity contribution in [3.05, 3.63) is 45.3 Å². The first-order valence-corrected chi connectivity index (χ1v) is 11.8. The molecule has 0 bridgehead atoms. The molecule has 0 amide bonds. The summed E-state index contributed by atoms with van der Waals surface area (Å²) in [7, 11) is 0. The molecule has 0 saturated heterocycles. The summed E-state index contributed by atoms with van der Waals surface area (Å²) in [5.41, 5.74) is 7.74. The standard InChI is InChI=1S/C25H30FN5O3/c1-14-11-15(2)31(29-14)10-6-9-28-21-19(26)20(27)18-22-24(21)34-13-25(7-4-5-8-25)30(22)12-17(16(3)32)23(18)33/h11-12,28H,4-10,13,27H2,1-3H3. The average Bonchev–Trinajstić information content (AvgIpc) is 3.39. The van der Waals surface area contributed by atoms with Gasteiger partial charge in [-0.3, -0.25) is 14.3 Å². The largest absolute Gasteiger partial charge is 0.487 e. The molecule has 1 aliphatic carbocycles. The number of hydrogen-bond donors (Lipinski definition) is 2. The van der Waals surface area contributed by atoms with Crippen molar-refractivity contribution < 1.29 is 13.9 Å². The van der Waals surface area contributed by atoms with Gasteiger partial charge in [-0.2, -0.15) is 5.10 Å². The number of ether oxygens (including phenoxy) is 1. The Labute approximate surface area is 196 Å². The molecule has 3 heterocycles. The number of anilines is 2. The predicted octanol–water partition coefficient (Wildman–Crippen LogP) is 3.90. The van der Waals surface area contributed by atoms with Gasteiger partial charge in [0.05, 0.1) is 33.4 Å². The third kappa shape index (κ3) is 3.36. The van der Waals surface area contributed by atoms with Gasteiger partial charge in [0, 0.05) is 25.0 Å². The Morgan fingerprint density at radius 2 is 2.06 bits per heavy atom. The van der Waals surface area contributed by atoms with Crippen LogP contribution in [-0.4, -0.2) is 33.3 Å². The number of nitrogens with one attached hydrogen (secondary N) is 1. The molecule has 2 aliphatic rings. The van der Waals surface area contributed by atoms with Crippen molar-refractivity contribution >= 4 is 28.1 Å². The van der Waals surface area contributed by atoms with E-state index in [1.807, 2.05) is 29.2 Å². The zero-order valence-electron chi connectivity index (χ0n) is 19.8. The van der Waals surface area contributed by atoms with Gasteiger partial charge in [0.2, 0.25) is 5.43 Å². The van der Waals surface area contributed by atoms with E-state index in [2.05, 4.69) is 10.4 Å². The molecule has 5 rings (SSSR count). The predicted molar refractivity (Wildman–Crippen MR) is 129 cm³/mol. The summed E-state index contributed by atoms with van der Waals surface area (Å²) in [5, 5.41) is 7.64. The van der Waals surface area contributed by atoms with Crippen LogP contribution in [0.15, 0.2) is 17.1 Å². The molecule has 8 nitrogen and oxygen atoms in total. The van der Waals surface area contributed by atoms with Gasteiger partial charge in [0.25, 0.3) is 0 Å². The van der Waals surface area contributed by atoms with E-state index in [9.17, 15) is 9.59 Å². The molecule has 1 fully saturated rings. The van der Waals surface area contributed by atoms with Crippen LogP contribution in [0.3, 0.4) is 0 Å². The minimum absolute atomic E-state index is 0.0272. The number of pyridine rings is 1. The molecule has 1 aliphatic heterocycles. The molecule has 3 N–H and O–H groups in total. The number of benzene rings is 1. The fourth-order valence-electron chi connectivity index (χ4n) is 5.51. The number of aromatic nitrogens is 3. The Morgan fingerprint density at radius 3 is 2.71 bits per heavy atom. The SMILES string of the molecule is CC(=O)c1cn2c3c(c(NCCCn4nc(C)cc4C)c(F)c(N)c3c1=O)OCC21CCCC1. The van der Waals surface area contributed by atoms with E-state index in [0.29, 0.717) is 31.6 Å². The zero-order chi connectivity index (χ0) is 24.2. The minimum atomic E-state index is -0.722. The van der Waals surface area contributed by atoms with Crippen LogP contribution in [0.1, 0.15) is 60.8 Å². The number of carbonyl (C=O) groups excluding carboxylic acids is 1. The molecule has 1 aromatic carbocycles. The van der Waals surface area contributed by atoms with Crippen molar-refractivity contribution in [1.29, 1.82) is 0 Å². The molecule has 180 valence electrons. The lowest BCUT2D eigenvalue weighted by molar-refractivity contribution is 0.101. The molecule has 0 unspecified atom stereocenters. The van der Waals surface area contributed by atoms with Gasteiger partial charge < -0.3 is 20.4 Å². The number of ketones is 1. The van der Waals surface area contributed by atoms with Crippen molar-refractivity contribution in [2.24, 2.45) is 0 Å². The second-order valence-corrected chi connectivity index (χ2v) is 9.60. The maximum absolute atomic E-state index is 15.5. The third-order valence-electron chi connectivity index (χ3n) is 7.24. The Balaban J connectivity index is 1.58. The number of nitrogens with zero attached hydrogens (tertiary/aromatic N) is 3. The lowest BCUT2D eigenvalue weighted by Crippen LogP contribution is -2.42. The average molecular weight is 468 g/mol. The van der Waals surface area contributed by atoms with Crippen LogP contribution in [0.2, 0.25) is 0 Å². The highest BCUT2D eigenvalue weighted by molar-refractivity contribution is 6.04. The number of rotatable bonds is 6. The fourth-order valence-corrected chi connectivity index (χ4v) is 5.51. The van der Waals surface area contributed by atoms with Gasteiger partial charge in [-0.05, 0) is 46.1 Å². The van der Waals surface area contributed by atoms with Gasteiger partial charge in [0.15, 0.2) is 17.3 Å². The lowest BCUT2D eigenvalue weighted by Gasteiger charge is -2.39. The summed E-state index contributed by atoms with van der Waals surface area (Å²) >= 11 is 0. The Hall–Kier alpha value is -3.36. The molecular weight excluding hydrogens is 437 g/mol. The van der Waals surface area contributed by atoms with E-state index in [1.54, 1.807) is 6.20 Å². The van der Waals surface area contributed by atoms with Crippen LogP contribution in [0.5, 0.6) is 5.75 Å². The number of Topliss-reactive ketones (excluding diaryl/α,β-unsaturated/α-hetero) is 1. The van der Waals surface area contributed by atoms with E-state index in [4.69, 9.17) is 10.5 Å². The van der Waals surface area contributed by atoms with Gasteiger partial charge in [-0.1, -0.05) is 12.8 Å². The summed E-state index contributed by atoms with van der Waals surface area (Å²) in [6, 6.07) is 2.02. The number of carbonyl (C=O) groups is 1. The van der Waals surface area contributed by atoms with Crippen LogP contribution in [0.25, 0.3) is 10.9 Å². The van der Waals surface area contributed by atoms with E-state index in [-0.39, 0.29) is 39.4 Å². The van der Waals surface area contributed by atoms with E-state index >= 15 is 4.39 Å². The lowest BCUT2D eigenvalue weighted by atomic mass is 9.93. The first kappa shape index (κ1) is 22.4. The quantitative estimate of drug-likeness (QED) is 0.324. The Kier molecular flexibility index (Phi) is 5.37. The molecular formula is C25H30FN5O3. The van der Waals surface area contributed by atoms with Crippen molar-refractivity contribution in [2.45, 2.75) is 65.0 Å². The first-order valence-electron chi connectivity index (χ1n) is 11.8. The highest BCUT2D eigenvalue weighted by Crippen LogP contribution is 2.48. The van der Waals surface area contributed by atoms with Crippen molar-refractivity contribution in [2.75, 3.05) is 24.2 Å². The van der Waals surface area contributed by atoms with Crippen molar-refractivity contribution in [3.63, 3.8) is 0 Å². The van der Waals surface area contributed by atoms with Crippen LogP contribution in [0.4, 0.5) is 15.8 Å². The summed E-state index contributed by atoms with van der Waals surface area (Å²) in [5.74, 6) is -0.791. The molecule has 9 heteroatoms. The van der Waals surface area contributed by atoms with Crippen LogP contribution >= 0.6 is 0 Å². The minimum Gasteiger partial charge on any atom is -0.487 e. The van der Waals surface area contributed by atoms with E-state index in [1.165, 1.54) is 6.92 Å². The molecule has 2 aromatic heterocycles. The monoisotopic (exact) mass is 467 g/mol. The highest BCUT2D eigenvalue weighted by Gasteiger charge is 2.42. The smallest absolute Gasteiger partial charge is 0.202 e. The fraction of sp³-hybridized carbons (Fsp3) is 0.480. The summed E-state index contributed by atoms with van der Waals surface area (Å²) in [6.07, 6.45) is 6.12. The maximum atomic E-state index is 15.5. The van der Waals surface area contributed by atoms with Crippen molar-refractivity contribution in [1.82, 2.24) is 14.3 Å². The first-order chi connectivity index (χ1) is 16.2. The number of nitrogens with two attached hydrogens (primary N) is 1. The molecule has 0 radical (unpaired) electrons. The number of halogens is 1. The number of fused-ring (bicyclic) bond motifs is 1. The molecule has 34 heavy (non-hydrogen) atoms. The zero-order valence-corrected chi connectivity index (χ0v) is 19.8. The van der Waals surface area contributed by atoms with E-state index in [0.717, 1.165) is 37.1 Å². The van der Waals surface area contributed by atoms with Gasteiger partial charge in [0.1, 0.15) is 12.3 Å². The van der Waals surface area contributed by atoms with Crippen LogP contribution in [0, 0.1) is 19.7 Å². The molecule has 0 atom stereocenters. The Morgan fingerprint density at radius 1 is 1.32 bits per heavy atom. The Bertz CT molecular complexity index is 1370. The molecule has 3 aromatic rings. The molecule has 1 spiro atoms. The van der Waals surface area contributed by atoms with Gasteiger partial charge in [-0.25, -0.2) is 4.39 Å². The number of aryl methyl sites for hydroxylation is 3. The maximum Gasteiger partial charge on any atom is 0.202 e. The van der Waals surface area contributed by atoms with Crippen LogP contribution in [-0.2, 0) is 12.1 Å². The topological polar surface area (TPSA) is 104 Å². The number of hydrogen-bond acceptors (Lipinski definition) is 6. The van der Waals surface area contributed by atoms with Gasteiger partial charge in [-0.15, -0.1) is 0 Å². The summed E-state index contributed by atoms with van der Waals surface area (Å²) in [6.45, 7) is 6.82. The van der Waals surface area contributed by atoms with Gasteiger partial charge >= 0.3 is 0 Å².